The molecule has 2 heterocycles. The van der Waals surface area contributed by atoms with Crippen LogP contribution in [-0.4, -0.2) is 104 Å². The van der Waals surface area contributed by atoms with E-state index in [2.05, 4.69) is 0 Å². The molecule has 0 aliphatic carbocycles. The molecule has 12 heteroatoms. The third-order valence-electron chi connectivity index (χ3n) is 9.35. The number of carboxylic acid groups (broad SMARTS) is 1. The van der Waals surface area contributed by atoms with E-state index >= 15 is 0 Å². The number of phenols is 1. The Labute approximate surface area is 255 Å². The van der Waals surface area contributed by atoms with Gasteiger partial charge in [0.2, 0.25) is 6.29 Å². The number of phenolic OH excluding ortho intramolecular Hbond substituents is 1. The van der Waals surface area contributed by atoms with E-state index in [0.29, 0.717) is 31.6 Å². The highest BCUT2D eigenvalue weighted by Gasteiger charge is 2.55. The number of carbonyl (C=O) groups excluding carboxylic acids is 1. The fourth-order valence-electron chi connectivity index (χ4n) is 6.90. The molecular formula is C32H44O12. The summed E-state index contributed by atoms with van der Waals surface area (Å²) in [4.78, 5) is 24.1. The number of aliphatic hydroxyl groups is 5. The summed E-state index contributed by atoms with van der Waals surface area (Å²) in [5, 5.41) is 74.3. The summed E-state index contributed by atoms with van der Waals surface area (Å²) < 4.78 is 17.3. The SMILES string of the molecule is CC(=O)c1c(C)cc2cc(C(=O)O)cc(O[C@H]3O[C@H](CO)[C@](O)(CC[C@@H](C)[C@@H]4CCOC[C@@H]4CCCO)[C@H](O)[C@H]3O)c2c1O. The van der Waals surface area contributed by atoms with Crippen LogP contribution in [0.2, 0.25) is 0 Å². The molecular weight excluding hydrogens is 576 g/mol. The van der Waals surface area contributed by atoms with Gasteiger partial charge < -0.3 is 50.0 Å². The molecule has 8 atom stereocenters. The summed E-state index contributed by atoms with van der Waals surface area (Å²) in [6.45, 7) is 5.48. The van der Waals surface area contributed by atoms with Gasteiger partial charge in [-0.2, -0.15) is 0 Å². The highest BCUT2D eigenvalue weighted by atomic mass is 16.7. The summed E-state index contributed by atoms with van der Waals surface area (Å²) in [6.07, 6.45) is -3.98. The van der Waals surface area contributed by atoms with E-state index < -0.39 is 54.3 Å². The maximum absolute atomic E-state index is 12.3. The number of aromatic hydroxyl groups is 1. The number of aromatic carboxylic acids is 1. The van der Waals surface area contributed by atoms with Crippen LogP contribution in [0.1, 0.15) is 72.2 Å². The number of Topliss-reactive ketones (excluding diaryl/α,β-unsaturated/α-hetero) is 1. The van der Waals surface area contributed by atoms with Gasteiger partial charge in [-0.3, -0.25) is 4.79 Å². The smallest absolute Gasteiger partial charge is 0.335 e. The van der Waals surface area contributed by atoms with Gasteiger partial charge in [0.05, 0.1) is 23.1 Å². The molecule has 2 aliphatic heterocycles. The minimum Gasteiger partial charge on any atom is -0.506 e. The van der Waals surface area contributed by atoms with Crippen molar-refractivity contribution in [2.24, 2.45) is 17.8 Å². The summed E-state index contributed by atoms with van der Waals surface area (Å²) in [5.41, 5.74) is -1.82. The van der Waals surface area contributed by atoms with Crippen LogP contribution >= 0.6 is 0 Å². The molecule has 7 N–H and O–H groups in total. The molecule has 2 aromatic carbocycles. The van der Waals surface area contributed by atoms with Crippen LogP contribution in [0, 0.1) is 24.7 Å². The number of hydrogen-bond acceptors (Lipinski definition) is 11. The van der Waals surface area contributed by atoms with E-state index in [1.54, 1.807) is 6.92 Å². The minimum atomic E-state index is -2.04. The largest absolute Gasteiger partial charge is 0.506 e. The van der Waals surface area contributed by atoms with E-state index in [4.69, 9.17) is 14.2 Å². The molecule has 2 aromatic rings. The summed E-state index contributed by atoms with van der Waals surface area (Å²) >= 11 is 0. The second-order valence-electron chi connectivity index (χ2n) is 12.2. The molecule has 0 spiro atoms. The number of ether oxygens (including phenoxy) is 3. The van der Waals surface area contributed by atoms with Gasteiger partial charge in [0.1, 0.15) is 35.4 Å². The monoisotopic (exact) mass is 620 g/mol. The number of ketones is 1. The average Bonchev–Trinajstić information content (AvgIpc) is 2.98. The lowest BCUT2D eigenvalue weighted by atomic mass is 9.72. The molecule has 2 saturated heterocycles. The Hall–Kier alpha value is -2.84. The van der Waals surface area contributed by atoms with Crippen molar-refractivity contribution in [2.75, 3.05) is 26.4 Å². The van der Waals surface area contributed by atoms with Crippen molar-refractivity contribution in [3.8, 4) is 11.5 Å². The number of fused-ring (bicyclic) bond motifs is 1. The zero-order valence-electron chi connectivity index (χ0n) is 25.3. The Morgan fingerprint density at radius 2 is 1.91 bits per heavy atom. The molecule has 0 radical (unpaired) electrons. The molecule has 2 aliphatic rings. The van der Waals surface area contributed by atoms with Gasteiger partial charge in [0, 0.05) is 19.8 Å². The van der Waals surface area contributed by atoms with Gasteiger partial charge >= 0.3 is 5.97 Å². The first kappa shape index (κ1) is 34.0. The average molecular weight is 621 g/mol. The Morgan fingerprint density at radius 1 is 1.18 bits per heavy atom. The lowest BCUT2D eigenvalue weighted by Gasteiger charge is -2.48. The first-order chi connectivity index (χ1) is 20.8. The number of aliphatic hydroxyl groups excluding tert-OH is 4. The van der Waals surface area contributed by atoms with Crippen molar-refractivity contribution in [3.05, 3.63) is 34.9 Å². The fraction of sp³-hybridized carbons (Fsp3) is 0.625. The van der Waals surface area contributed by atoms with Gasteiger partial charge in [-0.05, 0) is 86.8 Å². The molecule has 0 aromatic heterocycles. The lowest BCUT2D eigenvalue weighted by Crippen LogP contribution is -2.67. The molecule has 0 unspecified atom stereocenters. The van der Waals surface area contributed by atoms with Crippen LogP contribution < -0.4 is 4.74 Å². The van der Waals surface area contributed by atoms with Gasteiger partial charge in [0.15, 0.2) is 5.78 Å². The standard InChI is InChI=1S/C32H44O12/c1-16(22-7-10-42-15-19(22)5-4-9-33)6-8-32(41)24(14-34)44-31(28(37)29(32)38)43-23-13-21(30(39)40)12-20-11-17(2)25(18(3)35)27(36)26(20)23/h11-13,16,19,22,24,28-29,31,33-34,36-38,41H,4-10,14-15H2,1-3H3,(H,39,40)/t16-,19+,22+,24-,28-,29-,31+,32-/m1/s1. The van der Waals surface area contributed by atoms with Crippen LogP contribution in [0.15, 0.2) is 18.2 Å². The van der Waals surface area contributed by atoms with E-state index in [9.17, 15) is 45.3 Å². The number of benzene rings is 2. The van der Waals surface area contributed by atoms with E-state index in [1.165, 1.54) is 19.1 Å². The second kappa shape index (κ2) is 14.1. The summed E-state index contributed by atoms with van der Waals surface area (Å²) in [6, 6.07) is 3.93. The van der Waals surface area contributed by atoms with Crippen molar-refractivity contribution >= 4 is 22.5 Å². The Balaban J connectivity index is 1.59. The number of carbonyl (C=O) groups is 2. The predicted octanol–water partition coefficient (Wildman–Crippen LogP) is 2.15. The maximum atomic E-state index is 12.3. The van der Waals surface area contributed by atoms with E-state index in [1.807, 2.05) is 6.92 Å². The van der Waals surface area contributed by atoms with Crippen molar-refractivity contribution in [2.45, 2.75) is 83.1 Å². The third-order valence-corrected chi connectivity index (χ3v) is 9.35. The summed E-state index contributed by atoms with van der Waals surface area (Å²) in [7, 11) is 0. The third kappa shape index (κ3) is 6.71. The van der Waals surface area contributed by atoms with Crippen molar-refractivity contribution in [1.29, 1.82) is 0 Å². The molecule has 44 heavy (non-hydrogen) atoms. The molecule has 244 valence electrons. The maximum Gasteiger partial charge on any atom is 0.335 e. The molecule has 0 bridgehead atoms. The highest BCUT2D eigenvalue weighted by molar-refractivity contribution is 6.08. The zero-order valence-corrected chi connectivity index (χ0v) is 25.3. The van der Waals surface area contributed by atoms with Gasteiger partial charge in [-0.1, -0.05) is 13.0 Å². The van der Waals surface area contributed by atoms with Crippen LogP contribution in [-0.2, 0) is 9.47 Å². The Kier molecular flexibility index (Phi) is 10.9. The number of rotatable bonds is 12. The normalized spacial score (nSPS) is 29.8. The highest BCUT2D eigenvalue weighted by Crippen LogP contribution is 2.43. The molecule has 12 nitrogen and oxygen atoms in total. The lowest BCUT2D eigenvalue weighted by molar-refractivity contribution is -0.315. The fourth-order valence-corrected chi connectivity index (χ4v) is 6.90. The van der Waals surface area contributed by atoms with E-state index in [0.717, 1.165) is 18.9 Å². The van der Waals surface area contributed by atoms with Crippen LogP contribution in [0.25, 0.3) is 10.8 Å². The topological polar surface area (TPSA) is 203 Å². The molecule has 0 saturated carbocycles. The molecule has 0 amide bonds. The van der Waals surface area contributed by atoms with Crippen LogP contribution in [0.5, 0.6) is 11.5 Å². The summed E-state index contributed by atoms with van der Waals surface area (Å²) in [5.74, 6) is -1.81. The van der Waals surface area contributed by atoms with Crippen molar-refractivity contribution in [3.63, 3.8) is 0 Å². The predicted molar refractivity (Wildman–Crippen MR) is 158 cm³/mol. The quantitative estimate of drug-likeness (QED) is 0.171. The molecule has 4 rings (SSSR count). The molecule has 2 fully saturated rings. The van der Waals surface area contributed by atoms with Crippen molar-refractivity contribution < 1.29 is 59.5 Å². The number of carboxylic acids is 1. The van der Waals surface area contributed by atoms with Crippen LogP contribution in [0.3, 0.4) is 0 Å². The van der Waals surface area contributed by atoms with Crippen molar-refractivity contribution in [1.82, 2.24) is 0 Å². The Bertz CT molecular complexity index is 1340. The van der Waals surface area contributed by atoms with Gasteiger partial charge in [0.25, 0.3) is 0 Å². The van der Waals surface area contributed by atoms with Gasteiger partial charge in [-0.25, -0.2) is 4.79 Å². The number of aryl methyl sites for hydroxylation is 1. The number of hydrogen-bond donors (Lipinski definition) is 7. The second-order valence-corrected chi connectivity index (χ2v) is 12.2. The van der Waals surface area contributed by atoms with Crippen LogP contribution in [0.4, 0.5) is 0 Å². The zero-order chi connectivity index (χ0) is 32.3. The van der Waals surface area contributed by atoms with Gasteiger partial charge in [-0.15, -0.1) is 0 Å². The van der Waals surface area contributed by atoms with E-state index in [-0.39, 0.29) is 58.4 Å². The first-order valence-corrected chi connectivity index (χ1v) is 15.1. The first-order valence-electron chi connectivity index (χ1n) is 15.1. The Morgan fingerprint density at radius 3 is 2.55 bits per heavy atom. The minimum absolute atomic E-state index is 0.00138.